The zero-order valence-corrected chi connectivity index (χ0v) is 25.4. The van der Waals surface area contributed by atoms with E-state index in [0.717, 1.165) is 50.3 Å². The minimum atomic E-state index is 0.630. The van der Waals surface area contributed by atoms with Gasteiger partial charge in [0.2, 0.25) is 0 Å². The third-order valence-electron chi connectivity index (χ3n) is 8.90. The second-order valence-corrected chi connectivity index (χ2v) is 11.7. The van der Waals surface area contributed by atoms with Crippen molar-refractivity contribution >= 4 is 60.5 Å². The van der Waals surface area contributed by atoms with Crippen LogP contribution in [0.1, 0.15) is 23.1 Å². The molecule has 0 amide bonds. The number of amidine groups is 1. The van der Waals surface area contributed by atoms with Gasteiger partial charge in [-0.05, 0) is 57.4 Å². The number of fused-ring (bicyclic) bond motifs is 8. The maximum atomic E-state index is 5.31. The number of aliphatic imine (C=N–C) groups is 2. The molecule has 3 aromatic heterocycles. The van der Waals surface area contributed by atoms with E-state index in [1.807, 2.05) is 30.5 Å². The Balaban J connectivity index is 1.22. The van der Waals surface area contributed by atoms with Crippen molar-refractivity contribution in [2.24, 2.45) is 9.98 Å². The summed E-state index contributed by atoms with van der Waals surface area (Å²) in [6, 6.07) is 42.4. The summed E-state index contributed by atoms with van der Waals surface area (Å²) >= 11 is 0. The molecule has 220 valence electrons. The average molecular weight is 602 g/mol. The van der Waals surface area contributed by atoms with E-state index >= 15 is 0 Å². The van der Waals surface area contributed by atoms with E-state index in [9.17, 15) is 0 Å². The van der Waals surface area contributed by atoms with Crippen molar-refractivity contribution in [2.75, 3.05) is 0 Å². The summed E-state index contributed by atoms with van der Waals surface area (Å²) < 4.78 is 0. The van der Waals surface area contributed by atoms with E-state index in [1.54, 1.807) is 18.6 Å². The zero-order chi connectivity index (χ0) is 31.2. The largest absolute Gasteiger partial charge is 0.264 e. The molecule has 0 fully saturated rings. The van der Waals surface area contributed by atoms with Gasteiger partial charge in [0.25, 0.3) is 0 Å². The smallest absolute Gasteiger partial charge is 0.161 e. The quantitative estimate of drug-likeness (QED) is 0.189. The maximum Gasteiger partial charge on any atom is 0.161 e. The molecule has 5 nitrogen and oxygen atoms in total. The van der Waals surface area contributed by atoms with Crippen LogP contribution in [0.4, 0.5) is 0 Å². The van der Waals surface area contributed by atoms with Crippen LogP contribution in [0.25, 0.3) is 60.2 Å². The standard InChI is InChI=1S/C42H27N5/c1-3-13-33-31(11-1)32-12-2-4-14-34(32)40-39(33)35-15-5-6-16-38(35)45-41(40)28-19-17-27(18-20-28)36-21-22-37(29-9-7-23-43-25-29)47-42(46-36)30-10-8-24-44-26-30/h1-20,22-26H,21H2. The number of para-hydroxylation sites is 1. The summed E-state index contributed by atoms with van der Waals surface area (Å²) in [6.07, 6.45) is 9.93. The lowest BCUT2D eigenvalue weighted by Gasteiger charge is -2.16. The number of allylic oxidation sites excluding steroid dienone is 1. The van der Waals surface area contributed by atoms with Crippen molar-refractivity contribution in [1.82, 2.24) is 15.0 Å². The Morgan fingerprint density at radius 1 is 0.447 bits per heavy atom. The minimum Gasteiger partial charge on any atom is -0.264 e. The first-order valence-corrected chi connectivity index (χ1v) is 15.7. The summed E-state index contributed by atoms with van der Waals surface area (Å²) in [5.41, 5.74) is 7.66. The molecule has 0 radical (unpaired) electrons. The Kier molecular flexibility index (Phi) is 6.46. The van der Waals surface area contributed by atoms with Crippen LogP contribution < -0.4 is 0 Å². The molecular formula is C42H27N5. The second kappa shape index (κ2) is 11.2. The first-order valence-electron chi connectivity index (χ1n) is 15.7. The molecule has 0 N–H and O–H groups in total. The summed E-state index contributed by atoms with van der Waals surface area (Å²) in [5, 5.41) is 8.51. The summed E-state index contributed by atoms with van der Waals surface area (Å²) in [5.74, 6) is 0.630. The zero-order valence-electron chi connectivity index (χ0n) is 25.4. The molecule has 0 spiro atoms. The molecule has 5 heteroatoms. The lowest BCUT2D eigenvalue weighted by Crippen LogP contribution is -2.05. The van der Waals surface area contributed by atoms with Crippen molar-refractivity contribution in [3.63, 3.8) is 0 Å². The highest BCUT2D eigenvalue weighted by Crippen LogP contribution is 2.42. The molecule has 0 saturated carbocycles. The van der Waals surface area contributed by atoms with Crippen LogP contribution in [0.2, 0.25) is 0 Å². The topological polar surface area (TPSA) is 63.4 Å². The summed E-state index contributed by atoms with van der Waals surface area (Å²) in [7, 11) is 0. The minimum absolute atomic E-state index is 0.630. The first-order chi connectivity index (χ1) is 23.3. The Morgan fingerprint density at radius 2 is 1.04 bits per heavy atom. The number of benzene rings is 5. The molecular weight excluding hydrogens is 574 g/mol. The highest BCUT2D eigenvalue weighted by atomic mass is 14.9. The fourth-order valence-corrected chi connectivity index (χ4v) is 6.71. The van der Waals surface area contributed by atoms with Gasteiger partial charge >= 0.3 is 0 Å². The molecule has 0 aliphatic carbocycles. The molecule has 4 heterocycles. The molecule has 47 heavy (non-hydrogen) atoms. The van der Waals surface area contributed by atoms with Crippen LogP contribution in [0.3, 0.4) is 0 Å². The van der Waals surface area contributed by atoms with Gasteiger partial charge < -0.3 is 0 Å². The van der Waals surface area contributed by atoms with E-state index < -0.39 is 0 Å². The van der Waals surface area contributed by atoms with E-state index in [-0.39, 0.29) is 0 Å². The molecule has 1 aliphatic heterocycles. The van der Waals surface area contributed by atoms with Crippen molar-refractivity contribution in [1.29, 1.82) is 0 Å². The molecule has 8 aromatic rings. The number of hydrogen-bond acceptors (Lipinski definition) is 5. The van der Waals surface area contributed by atoms with Gasteiger partial charge in [0.15, 0.2) is 5.84 Å². The van der Waals surface area contributed by atoms with Gasteiger partial charge in [-0.2, -0.15) is 0 Å². The summed E-state index contributed by atoms with van der Waals surface area (Å²) in [6.45, 7) is 0. The normalized spacial score (nSPS) is 13.4. The van der Waals surface area contributed by atoms with Crippen LogP contribution in [0.5, 0.6) is 0 Å². The lowest BCUT2D eigenvalue weighted by molar-refractivity contribution is 1.29. The van der Waals surface area contributed by atoms with Crippen molar-refractivity contribution in [3.8, 4) is 11.3 Å². The van der Waals surface area contributed by atoms with Crippen molar-refractivity contribution in [2.45, 2.75) is 6.42 Å². The van der Waals surface area contributed by atoms with Gasteiger partial charge in [0, 0.05) is 64.1 Å². The predicted molar refractivity (Wildman–Crippen MR) is 194 cm³/mol. The van der Waals surface area contributed by atoms with E-state index in [2.05, 4.69) is 113 Å². The second-order valence-electron chi connectivity index (χ2n) is 11.7. The van der Waals surface area contributed by atoms with Crippen LogP contribution >= 0.6 is 0 Å². The van der Waals surface area contributed by atoms with E-state index in [1.165, 1.54) is 32.3 Å². The molecule has 0 unspecified atom stereocenters. The SMILES string of the molecule is C1=C(c2cccnc2)N=C(c2cccnc2)N=C(c2ccc(-c3nc4ccccc4c4c5ccccc5c5ccccc5c34)cc2)C1. The van der Waals surface area contributed by atoms with Crippen LogP contribution in [-0.2, 0) is 0 Å². The predicted octanol–water partition coefficient (Wildman–Crippen LogP) is 9.83. The van der Waals surface area contributed by atoms with Gasteiger partial charge in [-0.25, -0.2) is 15.0 Å². The highest BCUT2D eigenvalue weighted by molar-refractivity contribution is 6.33. The summed E-state index contributed by atoms with van der Waals surface area (Å²) in [4.78, 5) is 24.0. The molecule has 1 aliphatic rings. The third kappa shape index (κ3) is 4.68. The molecule has 5 aromatic carbocycles. The Hall–Kier alpha value is -6.33. The molecule has 0 bridgehead atoms. The van der Waals surface area contributed by atoms with E-state index in [4.69, 9.17) is 15.0 Å². The van der Waals surface area contributed by atoms with E-state index in [0.29, 0.717) is 12.3 Å². The van der Waals surface area contributed by atoms with Crippen LogP contribution in [0.15, 0.2) is 162 Å². The Bertz CT molecular complexity index is 2570. The molecule has 0 atom stereocenters. The van der Waals surface area contributed by atoms with Gasteiger partial charge in [0.05, 0.1) is 22.6 Å². The van der Waals surface area contributed by atoms with Gasteiger partial charge in [-0.3, -0.25) is 9.97 Å². The van der Waals surface area contributed by atoms with Crippen molar-refractivity contribution < 1.29 is 0 Å². The molecule has 0 saturated heterocycles. The average Bonchev–Trinajstić information content (AvgIpc) is 3.39. The Morgan fingerprint density at radius 3 is 1.72 bits per heavy atom. The Labute approximate surface area is 271 Å². The van der Waals surface area contributed by atoms with Gasteiger partial charge in [-0.1, -0.05) is 97.1 Å². The number of rotatable bonds is 4. The fraction of sp³-hybridized carbons (Fsp3) is 0.0238. The maximum absolute atomic E-state index is 5.31. The van der Waals surface area contributed by atoms with Crippen LogP contribution in [-0.4, -0.2) is 26.5 Å². The fourth-order valence-electron chi connectivity index (χ4n) is 6.71. The van der Waals surface area contributed by atoms with Crippen molar-refractivity contribution in [3.05, 3.63) is 169 Å². The third-order valence-corrected chi connectivity index (χ3v) is 8.90. The highest BCUT2D eigenvalue weighted by Gasteiger charge is 2.18. The van der Waals surface area contributed by atoms with Gasteiger partial charge in [-0.15, -0.1) is 0 Å². The van der Waals surface area contributed by atoms with Gasteiger partial charge in [0.1, 0.15) is 0 Å². The van der Waals surface area contributed by atoms with Crippen LogP contribution in [0, 0.1) is 0 Å². The lowest BCUT2D eigenvalue weighted by atomic mass is 9.90. The monoisotopic (exact) mass is 601 g/mol. The number of aromatic nitrogens is 3. The number of pyridine rings is 3. The first kappa shape index (κ1) is 27.0. The molecule has 9 rings (SSSR count). The number of nitrogens with zero attached hydrogens (tertiary/aromatic N) is 5. The number of hydrogen-bond donors (Lipinski definition) is 0.